The van der Waals surface area contributed by atoms with Gasteiger partial charge >= 0.3 is 6.09 Å². The molecule has 0 saturated heterocycles. The number of alkyl carbamates (subject to hydrolysis) is 1. The maximum absolute atomic E-state index is 11.3. The van der Waals surface area contributed by atoms with Gasteiger partial charge in [0, 0.05) is 12.6 Å². The van der Waals surface area contributed by atoms with Crippen molar-refractivity contribution in [1.29, 1.82) is 5.26 Å². The van der Waals surface area contributed by atoms with Gasteiger partial charge in [-0.1, -0.05) is 0 Å². The minimum Gasteiger partial charge on any atom is -0.444 e. The molecular formula is C10H19N3O2. The molecule has 0 aromatic carbocycles. The Morgan fingerprint density at radius 1 is 1.53 bits per heavy atom. The third kappa shape index (κ3) is 9.03. The summed E-state index contributed by atoms with van der Waals surface area (Å²) in [6.45, 7) is 8.10. The maximum Gasteiger partial charge on any atom is 0.407 e. The summed E-state index contributed by atoms with van der Waals surface area (Å²) in [6.07, 6.45) is -0.436. The molecule has 0 fully saturated rings. The van der Waals surface area contributed by atoms with Crippen LogP contribution in [0.3, 0.4) is 0 Å². The largest absolute Gasteiger partial charge is 0.444 e. The second-order valence-corrected chi connectivity index (χ2v) is 4.34. The second-order valence-electron chi connectivity index (χ2n) is 4.34. The molecule has 0 bridgehead atoms. The van der Waals surface area contributed by atoms with Gasteiger partial charge in [-0.25, -0.2) is 4.79 Å². The maximum atomic E-state index is 11.3. The van der Waals surface area contributed by atoms with E-state index in [0.29, 0.717) is 6.54 Å². The first-order valence-corrected chi connectivity index (χ1v) is 4.92. The number of hydrogen-bond acceptors (Lipinski definition) is 4. The lowest BCUT2D eigenvalue weighted by atomic mass is 10.2. The molecule has 0 saturated carbocycles. The van der Waals surface area contributed by atoms with E-state index in [9.17, 15) is 4.79 Å². The van der Waals surface area contributed by atoms with Gasteiger partial charge in [-0.05, 0) is 27.7 Å². The Hall–Kier alpha value is -1.28. The van der Waals surface area contributed by atoms with Crippen molar-refractivity contribution >= 4 is 6.09 Å². The summed E-state index contributed by atoms with van der Waals surface area (Å²) in [5, 5.41) is 13.8. The lowest BCUT2D eigenvalue weighted by Crippen LogP contribution is -2.42. The van der Waals surface area contributed by atoms with E-state index in [2.05, 4.69) is 10.6 Å². The van der Waals surface area contributed by atoms with E-state index in [0.717, 1.165) is 0 Å². The highest BCUT2D eigenvalue weighted by Crippen LogP contribution is 2.06. The van der Waals surface area contributed by atoms with Crippen LogP contribution in [0, 0.1) is 11.3 Å². The average molecular weight is 213 g/mol. The average Bonchev–Trinajstić information content (AvgIpc) is 2.00. The fraction of sp³-hybridized carbons (Fsp3) is 0.800. The molecule has 0 spiro atoms. The highest BCUT2D eigenvalue weighted by atomic mass is 16.6. The van der Waals surface area contributed by atoms with Gasteiger partial charge in [0.1, 0.15) is 5.60 Å². The number of nitriles is 1. The van der Waals surface area contributed by atoms with E-state index >= 15 is 0 Å². The Balaban J connectivity index is 3.73. The summed E-state index contributed by atoms with van der Waals surface area (Å²) < 4.78 is 5.07. The third-order valence-electron chi connectivity index (χ3n) is 1.42. The van der Waals surface area contributed by atoms with E-state index in [1.807, 2.05) is 33.8 Å². The number of rotatable bonds is 4. The molecule has 0 aromatic rings. The summed E-state index contributed by atoms with van der Waals surface area (Å²) in [4.78, 5) is 11.3. The van der Waals surface area contributed by atoms with Crippen LogP contribution >= 0.6 is 0 Å². The van der Waals surface area contributed by atoms with Crippen LogP contribution in [-0.4, -0.2) is 30.8 Å². The lowest BCUT2D eigenvalue weighted by molar-refractivity contribution is 0.0508. The highest BCUT2D eigenvalue weighted by molar-refractivity contribution is 5.68. The van der Waals surface area contributed by atoms with E-state index < -0.39 is 11.7 Å². The van der Waals surface area contributed by atoms with Crippen molar-refractivity contribution in [2.24, 2.45) is 0 Å². The van der Waals surface area contributed by atoms with Crippen molar-refractivity contribution in [3.05, 3.63) is 0 Å². The number of amides is 1. The van der Waals surface area contributed by atoms with Crippen LogP contribution < -0.4 is 10.6 Å². The summed E-state index contributed by atoms with van der Waals surface area (Å²) >= 11 is 0. The molecule has 0 heterocycles. The van der Waals surface area contributed by atoms with Crippen LogP contribution in [0.25, 0.3) is 0 Å². The van der Waals surface area contributed by atoms with Gasteiger partial charge < -0.3 is 15.4 Å². The van der Waals surface area contributed by atoms with Crippen LogP contribution in [0.4, 0.5) is 4.79 Å². The molecule has 86 valence electrons. The predicted octanol–water partition coefficient (Wildman–Crippen LogP) is 1.01. The van der Waals surface area contributed by atoms with Gasteiger partial charge in [0.25, 0.3) is 0 Å². The monoisotopic (exact) mass is 213 g/mol. The zero-order valence-electron chi connectivity index (χ0n) is 9.76. The van der Waals surface area contributed by atoms with Crippen LogP contribution in [0.1, 0.15) is 27.7 Å². The third-order valence-corrected chi connectivity index (χ3v) is 1.42. The molecule has 0 aliphatic heterocycles. The molecule has 0 aromatic heterocycles. The number of nitrogens with one attached hydrogen (secondary N) is 2. The molecule has 0 aliphatic carbocycles. The van der Waals surface area contributed by atoms with Crippen LogP contribution in [0.2, 0.25) is 0 Å². The van der Waals surface area contributed by atoms with Gasteiger partial charge in [0.15, 0.2) is 0 Å². The van der Waals surface area contributed by atoms with Gasteiger partial charge in [0.2, 0.25) is 0 Å². The van der Waals surface area contributed by atoms with Gasteiger partial charge in [-0.3, -0.25) is 0 Å². The number of carbonyl (C=O) groups excluding carboxylic acids is 1. The van der Waals surface area contributed by atoms with E-state index in [1.165, 1.54) is 0 Å². The van der Waals surface area contributed by atoms with Crippen molar-refractivity contribution < 1.29 is 9.53 Å². The van der Waals surface area contributed by atoms with Crippen molar-refractivity contribution in [3.8, 4) is 6.07 Å². The fourth-order valence-electron chi connectivity index (χ4n) is 0.904. The van der Waals surface area contributed by atoms with Crippen molar-refractivity contribution in [2.45, 2.75) is 39.3 Å². The van der Waals surface area contributed by atoms with E-state index in [1.54, 1.807) is 0 Å². The first-order chi connectivity index (χ1) is 6.85. The zero-order valence-corrected chi connectivity index (χ0v) is 9.76. The van der Waals surface area contributed by atoms with Gasteiger partial charge in [-0.2, -0.15) is 5.26 Å². The molecule has 0 aliphatic rings. The SMILES string of the molecule is C[C@H](CNCC#N)NC(=O)OC(C)(C)C. The molecule has 1 amide bonds. The molecular weight excluding hydrogens is 194 g/mol. The Kier molecular flexibility index (Phi) is 5.72. The van der Waals surface area contributed by atoms with Gasteiger partial charge in [0.05, 0.1) is 12.6 Å². The summed E-state index contributed by atoms with van der Waals surface area (Å²) in [7, 11) is 0. The first kappa shape index (κ1) is 13.7. The molecule has 0 unspecified atom stereocenters. The minimum atomic E-state index is -0.482. The van der Waals surface area contributed by atoms with Crippen molar-refractivity contribution in [3.63, 3.8) is 0 Å². The smallest absolute Gasteiger partial charge is 0.407 e. The van der Waals surface area contributed by atoms with Crippen molar-refractivity contribution in [1.82, 2.24) is 10.6 Å². The standard InChI is InChI=1S/C10H19N3O2/c1-8(7-12-6-5-11)13-9(14)15-10(2,3)4/h8,12H,6-7H2,1-4H3,(H,13,14)/t8-/m1/s1. The van der Waals surface area contributed by atoms with Crippen LogP contribution in [0.15, 0.2) is 0 Å². The molecule has 0 rings (SSSR count). The molecule has 5 nitrogen and oxygen atoms in total. The zero-order chi connectivity index (χ0) is 11.9. The first-order valence-electron chi connectivity index (χ1n) is 4.92. The quantitative estimate of drug-likeness (QED) is 0.540. The highest BCUT2D eigenvalue weighted by Gasteiger charge is 2.17. The van der Waals surface area contributed by atoms with Gasteiger partial charge in [-0.15, -0.1) is 0 Å². The van der Waals surface area contributed by atoms with E-state index in [-0.39, 0.29) is 12.6 Å². The van der Waals surface area contributed by atoms with Crippen LogP contribution in [-0.2, 0) is 4.74 Å². The molecule has 5 heteroatoms. The fourth-order valence-corrected chi connectivity index (χ4v) is 0.904. The predicted molar refractivity (Wildman–Crippen MR) is 57.3 cm³/mol. The molecule has 2 N–H and O–H groups in total. The lowest BCUT2D eigenvalue weighted by Gasteiger charge is -2.21. The van der Waals surface area contributed by atoms with Crippen molar-refractivity contribution in [2.75, 3.05) is 13.1 Å². The Labute approximate surface area is 90.8 Å². The minimum absolute atomic E-state index is 0.0619. The number of nitrogens with zero attached hydrogens (tertiary/aromatic N) is 1. The Morgan fingerprint density at radius 2 is 2.13 bits per heavy atom. The number of hydrogen-bond donors (Lipinski definition) is 2. The summed E-state index contributed by atoms with van der Waals surface area (Å²) in [5.41, 5.74) is -0.482. The molecule has 1 atom stereocenters. The summed E-state index contributed by atoms with van der Waals surface area (Å²) in [5.74, 6) is 0. The normalized spacial score (nSPS) is 12.7. The Bertz CT molecular complexity index is 240. The second kappa shape index (κ2) is 6.25. The molecule has 15 heavy (non-hydrogen) atoms. The summed E-state index contributed by atoms with van der Waals surface area (Å²) in [6, 6.07) is 1.90. The number of carbonyl (C=O) groups is 1. The van der Waals surface area contributed by atoms with Crippen LogP contribution in [0.5, 0.6) is 0 Å². The Morgan fingerprint density at radius 3 is 2.60 bits per heavy atom. The topological polar surface area (TPSA) is 74.2 Å². The molecule has 0 radical (unpaired) electrons. The van der Waals surface area contributed by atoms with E-state index in [4.69, 9.17) is 10.00 Å². The number of ether oxygens (including phenoxy) is 1.